The Bertz CT molecular complexity index is 972. The predicted molar refractivity (Wildman–Crippen MR) is 105 cm³/mol. The molecule has 1 aliphatic rings. The van der Waals surface area contributed by atoms with Crippen LogP contribution < -0.4 is 0 Å². The van der Waals surface area contributed by atoms with Crippen LogP contribution in [0, 0.1) is 0 Å². The van der Waals surface area contributed by atoms with E-state index >= 15 is 0 Å². The van der Waals surface area contributed by atoms with Crippen LogP contribution in [0.2, 0.25) is 5.02 Å². The van der Waals surface area contributed by atoms with E-state index in [2.05, 4.69) is 4.98 Å². The molecule has 0 aliphatic carbocycles. The number of nitrogens with zero attached hydrogens (tertiary/aromatic N) is 2. The predicted octanol–water partition coefficient (Wildman–Crippen LogP) is 3.45. The number of carbonyl (C=O) groups excluding carboxylic acids is 1. The van der Waals surface area contributed by atoms with Crippen LogP contribution in [0.25, 0.3) is 22.2 Å². The van der Waals surface area contributed by atoms with Crippen LogP contribution in [-0.2, 0) is 9.53 Å². The Morgan fingerprint density at radius 2 is 1.85 bits per heavy atom. The maximum absolute atomic E-state index is 12.9. The van der Waals surface area contributed by atoms with E-state index in [0.717, 1.165) is 5.56 Å². The molecule has 4 rings (SSSR count). The maximum atomic E-state index is 12.9. The number of ether oxygens (including phenoxy) is 1. The van der Waals surface area contributed by atoms with E-state index in [1.165, 1.54) is 0 Å². The standard InChI is InChI=1S/C21H19ClN2O3/c22-16-7-4-8-17-19(16)15(13-18(23-17)14-5-2-1-3-6-14)20(25)21(26)24-9-11-27-12-10-24/h1-8,13,20,25H,9-12H2. The zero-order chi connectivity index (χ0) is 18.8. The lowest BCUT2D eigenvalue weighted by Crippen LogP contribution is -2.43. The number of amides is 1. The Morgan fingerprint density at radius 3 is 2.59 bits per heavy atom. The molecule has 1 aliphatic heterocycles. The first-order valence-electron chi connectivity index (χ1n) is 8.84. The van der Waals surface area contributed by atoms with Gasteiger partial charge in [-0.3, -0.25) is 4.79 Å². The van der Waals surface area contributed by atoms with Crippen molar-refractivity contribution in [2.75, 3.05) is 26.3 Å². The second-order valence-electron chi connectivity index (χ2n) is 6.44. The molecule has 1 amide bonds. The highest BCUT2D eigenvalue weighted by Crippen LogP contribution is 2.34. The van der Waals surface area contributed by atoms with E-state index in [9.17, 15) is 9.90 Å². The normalized spacial score (nSPS) is 15.7. The smallest absolute Gasteiger partial charge is 0.256 e. The molecular formula is C21H19ClN2O3. The zero-order valence-electron chi connectivity index (χ0n) is 14.6. The quantitative estimate of drug-likeness (QED) is 0.753. The van der Waals surface area contributed by atoms with Gasteiger partial charge in [-0.2, -0.15) is 0 Å². The molecule has 6 heteroatoms. The number of benzene rings is 2. The second kappa shape index (κ2) is 7.64. The summed E-state index contributed by atoms with van der Waals surface area (Å²) < 4.78 is 5.29. The van der Waals surface area contributed by atoms with Crippen LogP contribution in [0.3, 0.4) is 0 Å². The van der Waals surface area contributed by atoms with E-state index in [4.69, 9.17) is 16.3 Å². The number of fused-ring (bicyclic) bond motifs is 1. The Morgan fingerprint density at radius 1 is 1.11 bits per heavy atom. The summed E-state index contributed by atoms with van der Waals surface area (Å²) in [5, 5.41) is 12.0. The highest BCUT2D eigenvalue weighted by molar-refractivity contribution is 6.35. The summed E-state index contributed by atoms with van der Waals surface area (Å²) in [5.41, 5.74) is 2.72. The van der Waals surface area contributed by atoms with Gasteiger partial charge in [0, 0.05) is 29.6 Å². The fraction of sp³-hybridized carbons (Fsp3) is 0.238. The lowest BCUT2D eigenvalue weighted by molar-refractivity contribution is -0.144. The number of halogens is 1. The van der Waals surface area contributed by atoms with E-state index in [1.54, 1.807) is 17.0 Å². The van der Waals surface area contributed by atoms with Gasteiger partial charge in [-0.05, 0) is 18.2 Å². The van der Waals surface area contributed by atoms with Crippen molar-refractivity contribution in [2.24, 2.45) is 0 Å². The van der Waals surface area contributed by atoms with Gasteiger partial charge in [0.05, 0.1) is 29.4 Å². The van der Waals surface area contributed by atoms with E-state index < -0.39 is 6.10 Å². The van der Waals surface area contributed by atoms with E-state index in [0.29, 0.717) is 53.5 Å². The molecule has 2 heterocycles. The van der Waals surface area contributed by atoms with Crippen molar-refractivity contribution in [1.29, 1.82) is 0 Å². The number of hydrogen-bond acceptors (Lipinski definition) is 4. The third-order valence-corrected chi connectivity index (χ3v) is 5.05. The Balaban J connectivity index is 1.83. The molecule has 27 heavy (non-hydrogen) atoms. The molecule has 0 spiro atoms. The first-order chi connectivity index (χ1) is 13.1. The SMILES string of the molecule is O=C(C(O)c1cc(-c2ccccc2)nc2cccc(Cl)c12)N1CCOCC1. The number of morpholine rings is 1. The third-order valence-electron chi connectivity index (χ3n) is 4.73. The van der Waals surface area contributed by atoms with Gasteiger partial charge in [-0.25, -0.2) is 4.98 Å². The molecule has 1 unspecified atom stereocenters. The molecule has 1 N–H and O–H groups in total. The number of aliphatic hydroxyl groups is 1. The van der Waals surface area contributed by atoms with Gasteiger partial charge in [-0.1, -0.05) is 48.0 Å². The van der Waals surface area contributed by atoms with Crippen molar-refractivity contribution in [1.82, 2.24) is 9.88 Å². The largest absolute Gasteiger partial charge is 0.378 e. The number of rotatable bonds is 3. The molecule has 0 bridgehead atoms. The molecule has 1 fully saturated rings. The van der Waals surface area contributed by atoms with Crippen molar-refractivity contribution in [2.45, 2.75) is 6.10 Å². The minimum absolute atomic E-state index is 0.343. The van der Waals surface area contributed by atoms with Crippen molar-refractivity contribution >= 4 is 28.4 Å². The maximum Gasteiger partial charge on any atom is 0.256 e. The van der Waals surface area contributed by atoms with Gasteiger partial charge in [0.1, 0.15) is 0 Å². The zero-order valence-corrected chi connectivity index (χ0v) is 15.4. The third kappa shape index (κ3) is 3.54. The number of carbonyl (C=O) groups is 1. The molecule has 1 saturated heterocycles. The number of aromatic nitrogens is 1. The van der Waals surface area contributed by atoms with E-state index in [1.807, 2.05) is 42.5 Å². The van der Waals surface area contributed by atoms with Gasteiger partial charge >= 0.3 is 0 Å². The van der Waals surface area contributed by atoms with Gasteiger partial charge in [0.15, 0.2) is 6.10 Å². The number of hydrogen-bond donors (Lipinski definition) is 1. The summed E-state index contributed by atoms with van der Waals surface area (Å²) in [5.74, 6) is -0.343. The molecule has 0 saturated carbocycles. The van der Waals surface area contributed by atoms with Crippen molar-refractivity contribution < 1.29 is 14.6 Å². The first kappa shape index (κ1) is 17.9. The molecule has 5 nitrogen and oxygen atoms in total. The Labute approximate surface area is 162 Å². The van der Waals surface area contributed by atoms with Crippen LogP contribution in [0.15, 0.2) is 54.6 Å². The molecule has 0 radical (unpaired) electrons. The van der Waals surface area contributed by atoms with Crippen LogP contribution in [-0.4, -0.2) is 47.2 Å². The molecule has 1 atom stereocenters. The summed E-state index contributed by atoms with van der Waals surface area (Å²) in [6.07, 6.45) is -1.31. The van der Waals surface area contributed by atoms with Crippen molar-refractivity contribution in [3.63, 3.8) is 0 Å². The first-order valence-corrected chi connectivity index (χ1v) is 9.22. The molecule has 2 aromatic carbocycles. The number of aliphatic hydroxyl groups excluding tert-OH is 1. The van der Waals surface area contributed by atoms with Gasteiger partial charge in [0.25, 0.3) is 5.91 Å². The fourth-order valence-corrected chi connectivity index (χ4v) is 3.61. The average Bonchev–Trinajstić information content (AvgIpc) is 2.73. The number of pyridine rings is 1. The lowest BCUT2D eigenvalue weighted by atomic mass is 9.99. The van der Waals surface area contributed by atoms with Crippen LogP contribution in [0.5, 0.6) is 0 Å². The summed E-state index contributed by atoms with van der Waals surface area (Å²) >= 11 is 6.40. The molecule has 3 aromatic rings. The highest BCUT2D eigenvalue weighted by atomic mass is 35.5. The Kier molecular flexibility index (Phi) is 5.07. The van der Waals surface area contributed by atoms with Crippen LogP contribution in [0.4, 0.5) is 0 Å². The van der Waals surface area contributed by atoms with Gasteiger partial charge in [-0.15, -0.1) is 0 Å². The summed E-state index contributed by atoms with van der Waals surface area (Å²) in [6.45, 7) is 1.90. The lowest BCUT2D eigenvalue weighted by Gasteiger charge is -2.29. The molecule has 1 aromatic heterocycles. The van der Waals surface area contributed by atoms with Gasteiger partial charge < -0.3 is 14.7 Å². The van der Waals surface area contributed by atoms with Gasteiger partial charge in [0.2, 0.25) is 0 Å². The van der Waals surface area contributed by atoms with Crippen molar-refractivity contribution in [3.05, 3.63) is 65.2 Å². The molecule has 138 valence electrons. The second-order valence-corrected chi connectivity index (χ2v) is 6.84. The van der Waals surface area contributed by atoms with Crippen LogP contribution in [0.1, 0.15) is 11.7 Å². The molecular weight excluding hydrogens is 364 g/mol. The highest BCUT2D eigenvalue weighted by Gasteiger charge is 2.28. The Hall–Kier alpha value is -2.47. The summed E-state index contributed by atoms with van der Waals surface area (Å²) in [4.78, 5) is 19.2. The average molecular weight is 383 g/mol. The minimum Gasteiger partial charge on any atom is -0.378 e. The fourth-order valence-electron chi connectivity index (χ4n) is 3.34. The summed E-state index contributed by atoms with van der Waals surface area (Å²) in [7, 11) is 0. The van der Waals surface area contributed by atoms with E-state index in [-0.39, 0.29) is 5.91 Å². The minimum atomic E-state index is -1.31. The van der Waals surface area contributed by atoms with Crippen molar-refractivity contribution in [3.8, 4) is 11.3 Å². The topological polar surface area (TPSA) is 62.7 Å². The van der Waals surface area contributed by atoms with Crippen LogP contribution >= 0.6 is 11.6 Å². The monoisotopic (exact) mass is 382 g/mol. The summed E-state index contributed by atoms with van der Waals surface area (Å²) in [6, 6.07) is 16.8.